The monoisotopic (exact) mass is 410 g/mol. The number of nitrogens with zero attached hydrogens (tertiary/aromatic N) is 1. The van der Waals surface area contributed by atoms with Crippen LogP contribution in [-0.4, -0.2) is 29.2 Å². The van der Waals surface area contributed by atoms with Crippen molar-refractivity contribution >= 4 is 34.8 Å². The molecule has 1 aromatic carbocycles. The summed E-state index contributed by atoms with van der Waals surface area (Å²) in [5.41, 5.74) is 2.02. The average Bonchev–Trinajstić information content (AvgIpc) is 2.57. The quantitative estimate of drug-likeness (QED) is 0.251. The molecule has 9 heteroatoms. The van der Waals surface area contributed by atoms with Crippen molar-refractivity contribution in [3.8, 4) is 0 Å². The third kappa shape index (κ3) is 4.84. The van der Waals surface area contributed by atoms with Gasteiger partial charge >= 0.3 is 5.97 Å². The number of halogens is 1. The average molecular weight is 411 g/mol. The minimum Gasteiger partial charge on any atom is -0.479 e. The highest BCUT2D eigenvalue weighted by molar-refractivity contribution is 7.80. The van der Waals surface area contributed by atoms with Gasteiger partial charge in [-0.1, -0.05) is 29.8 Å². The van der Waals surface area contributed by atoms with Crippen molar-refractivity contribution in [3.63, 3.8) is 0 Å². The maximum Gasteiger partial charge on any atom is 0.302 e. The molecule has 0 aliphatic carbocycles. The molecule has 0 fully saturated rings. The molecular weight excluding hydrogens is 392 g/mol. The number of ether oxygens (including phenoxy) is 2. The summed E-state index contributed by atoms with van der Waals surface area (Å²) in [6.07, 6.45) is 0. The minimum absolute atomic E-state index is 0.0307. The fourth-order valence-corrected chi connectivity index (χ4v) is 3.50. The zero-order valence-electron chi connectivity index (χ0n) is 15.1. The van der Waals surface area contributed by atoms with Crippen molar-refractivity contribution < 1.29 is 19.2 Å². The van der Waals surface area contributed by atoms with E-state index < -0.39 is 16.8 Å². The molecule has 1 aromatic rings. The number of benzene rings is 1. The van der Waals surface area contributed by atoms with Crippen LogP contribution in [0.3, 0.4) is 0 Å². The molecule has 0 aromatic heterocycles. The van der Waals surface area contributed by atoms with Crippen LogP contribution in [0.5, 0.6) is 0 Å². The van der Waals surface area contributed by atoms with E-state index >= 15 is 0 Å². The summed E-state index contributed by atoms with van der Waals surface area (Å²) in [5.74, 6) is -1.21. The second-order valence-corrected chi connectivity index (χ2v) is 6.64. The van der Waals surface area contributed by atoms with E-state index in [2.05, 4.69) is 5.32 Å². The summed E-state index contributed by atoms with van der Waals surface area (Å²) in [6, 6.07) is 6.90. The van der Waals surface area contributed by atoms with E-state index in [1.807, 2.05) is 0 Å². The van der Waals surface area contributed by atoms with Gasteiger partial charge < -0.3 is 14.8 Å². The van der Waals surface area contributed by atoms with Gasteiger partial charge in [-0.05, 0) is 37.7 Å². The van der Waals surface area contributed by atoms with Gasteiger partial charge in [0.2, 0.25) is 0 Å². The van der Waals surface area contributed by atoms with Gasteiger partial charge in [-0.2, -0.15) is 0 Å². The lowest BCUT2D eigenvalue weighted by Gasteiger charge is -2.28. The second-order valence-electron chi connectivity index (χ2n) is 5.86. The van der Waals surface area contributed by atoms with Crippen molar-refractivity contribution in [2.75, 3.05) is 13.2 Å². The van der Waals surface area contributed by atoms with Crippen molar-refractivity contribution in [2.24, 2.45) is 0 Å². The highest BCUT2D eigenvalue weighted by atomic mass is 35.5. The van der Waals surface area contributed by atoms with E-state index in [-0.39, 0.29) is 24.0 Å². The van der Waals surface area contributed by atoms with Crippen molar-refractivity contribution in [1.82, 2.24) is 5.32 Å². The molecule has 1 N–H and O–H groups in total. The van der Waals surface area contributed by atoms with Crippen molar-refractivity contribution in [2.45, 2.75) is 26.7 Å². The van der Waals surface area contributed by atoms with Crippen LogP contribution in [0.15, 0.2) is 46.9 Å². The molecule has 144 valence electrons. The molecule has 0 saturated carbocycles. The summed E-state index contributed by atoms with van der Waals surface area (Å²) in [6.45, 7) is 4.76. The largest absolute Gasteiger partial charge is 0.479 e. The van der Waals surface area contributed by atoms with Crippen LogP contribution < -0.4 is 5.32 Å². The van der Waals surface area contributed by atoms with Gasteiger partial charge in [0, 0.05) is 23.2 Å². The second kappa shape index (κ2) is 8.96. The van der Waals surface area contributed by atoms with Gasteiger partial charge in [0.1, 0.15) is 19.1 Å². The lowest BCUT2D eigenvalue weighted by atomic mass is 9.84. The first-order valence-corrected chi connectivity index (χ1v) is 8.90. The standard InChI is InChI=1S/C18H19ClN2O5S/c1-10-15(18(27)26-9-8-25-12(3)22)16(13-6-4-5-7-14(13)19)17(21(23)24)11(2)20-10/h4-7,16,20H,8-9H2,1-3H3. The van der Waals surface area contributed by atoms with E-state index in [4.69, 9.17) is 33.3 Å². The maximum atomic E-state index is 11.8. The fourth-order valence-electron chi connectivity index (χ4n) is 2.91. The topological polar surface area (TPSA) is 90.7 Å². The predicted molar refractivity (Wildman–Crippen MR) is 105 cm³/mol. The number of hydrogen-bond acceptors (Lipinski definition) is 7. The van der Waals surface area contributed by atoms with E-state index in [9.17, 15) is 14.9 Å². The Morgan fingerprint density at radius 2 is 1.89 bits per heavy atom. The van der Waals surface area contributed by atoms with Crippen LogP contribution in [0.4, 0.5) is 0 Å². The lowest BCUT2D eigenvalue weighted by Crippen LogP contribution is -2.31. The Morgan fingerprint density at radius 3 is 2.48 bits per heavy atom. The Balaban J connectivity index is 2.42. The third-order valence-corrected chi connectivity index (χ3v) is 4.66. The number of dihydropyridines is 1. The van der Waals surface area contributed by atoms with E-state index in [0.29, 0.717) is 27.6 Å². The number of thiocarbonyl (C=S) groups is 1. The summed E-state index contributed by atoms with van der Waals surface area (Å²) in [4.78, 5) is 22.2. The highest BCUT2D eigenvalue weighted by Crippen LogP contribution is 2.41. The van der Waals surface area contributed by atoms with Gasteiger partial charge in [0.05, 0.1) is 10.6 Å². The Kier molecular flexibility index (Phi) is 6.92. The number of nitrogens with one attached hydrogen (secondary N) is 1. The first kappa shape index (κ1) is 20.9. The number of nitro groups is 1. The Bertz CT molecular complexity index is 850. The van der Waals surface area contributed by atoms with Crippen molar-refractivity contribution in [3.05, 3.63) is 67.6 Å². The molecule has 7 nitrogen and oxygen atoms in total. The van der Waals surface area contributed by atoms with E-state index in [1.165, 1.54) is 6.92 Å². The SMILES string of the molecule is CC(=O)OCCOC(=S)C1=C(C)NC(C)=C([N+](=O)[O-])C1c1ccccc1Cl. The highest BCUT2D eigenvalue weighted by Gasteiger charge is 2.40. The van der Waals surface area contributed by atoms with Crippen molar-refractivity contribution in [1.29, 1.82) is 0 Å². The summed E-state index contributed by atoms with van der Waals surface area (Å²) < 4.78 is 10.3. The molecule has 1 atom stereocenters. The Hall–Kier alpha value is -2.45. The van der Waals surface area contributed by atoms with Gasteiger partial charge in [0.25, 0.3) is 5.70 Å². The van der Waals surface area contributed by atoms with Crippen LogP contribution >= 0.6 is 23.8 Å². The van der Waals surface area contributed by atoms with E-state index in [1.54, 1.807) is 38.1 Å². The smallest absolute Gasteiger partial charge is 0.302 e. The first-order valence-electron chi connectivity index (χ1n) is 8.11. The van der Waals surface area contributed by atoms with Crippen LogP contribution in [0.2, 0.25) is 5.02 Å². The van der Waals surface area contributed by atoms with Crippen LogP contribution in [0, 0.1) is 10.1 Å². The number of esters is 1. The maximum absolute atomic E-state index is 11.8. The predicted octanol–water partition coefficient (Wildman–Crippen LogP) is 3.72. The van der Waals surface area contributed by atoms with E-state index in [0.717, 1.165) is 0 Å². The Labute approximate surface area is 167 Å². The molecule has 1 heterocycles. The zero-order chi connectivity index (χ0) is 20.1. The Morgan fingerprint density at radius 1 is 1.26 bits per heavy atom. The molecule has 0 bridgehead atoms. The molecule has 0 amide bonds. The number of carbonyl (C=O) groups is 1. The normalized spacial score (nSPS) is 16.7. The van der Waals surface area contributed by atoms with Gasteiger partial charge in [-0.3, -0.25) is 14.9 Å². The van der Waals surface area contributed by atoms with Gasteiger partial charge in [-0.15, -0.1) is 0 Å². The van der Waals surface area contributed by atoms with Crippen LogP contribution in [0.1, 0.15) is 32.3 Å². The summed E-state index contributed by atoms with van der Waals surface area (Å²) in [5, 5.41) is 15.2. The molecule has 0 spiro atoms. The summed E-state index contributed by atoms with van der Waals surface area (Å²) >= 11 is 11.7. The molecular formula is C18H19ClN2O5S. The fraction of sp³-hybridized carbons (Fsp3) is 0.333. The molecule has 0 radical (unpaired) electrons. The molecule has 27 heavy (non-hydrogen) atoms. The summed E-state index contributed by atoms with van der Waals surface area (Å²) in [7, 11) is 0. The number of hydrogen-bond donors (Lipinski definition) is 1. The third-order valence-electron chi connectivity index (χ3n) is 3.98. The number of rotatable bonds is 6. The zero-order valence-corrected chi connectivity index (χ0v) is 16.6. The molecule has 2 rings (SSSR count). The van der Waals surface area contributed by atoms with Crippen LogP contribution in [-0.2, 0) is 14.3 Å². The molecule has 1 unspecified atom stereocenters. The number of allylic oxidation sites excluding steroid dienone is 3. The molecule has 0 saturated heterocycles. The number of carbonyl (C=O) groups excluding carboxylic acids is 1. The lowest BCUT2D eigenvalue weighted by molar-refractivity contribution is -0.430. The van der Waals surface area contributed by atoms with Gasteiger partial charge in [-0.25, -0.2) is 0 Å². The van der Waals surface area contributed by atoms with Gasteiger partial charge in [0.15, 0.2) is 5.05 Å². The first-order chi connectivity index (χ1) is 12.7. The molecule has 1 aliphatic rings. The van der Waals surface area contributed by atoms with Crippen LogP contribution in [0.25, 0.3) is 0 Å². The minimum atomic E-state index is -0.781. The molecule has 1 aliphatic heterocycles.